The van der Waals surface area contributed by atoms with Gasteiger partial charge in [-0.2, -0.15) is 0 Å². The molecule has 0 aliphatic carbocycles. The van der Waals surface area contributed by atoms with Gasteiger partial charge in [-0.1, -0.05) is 0 Å². The molecule has 0 saturated carbocycles. The number of hydrogen-bond donors (Lipinski definition) is 3. The normalized spacial score (nSPS) is 11.3. The molecule has 116 valence electrons. The van der Waals surface area contributed by atoms with E-state index in [1.165, 1.54) is 13.3 Å². The molecule has 6 nitrogen and oxygen atoms in total. The zero-order chi connectivity index (χ0) is 16.3. The Morgan fingerprint density at radius 2 is 1.95 bits per heavy atom. The predicted molar refractivity (Wildman–Crippen MR) is 86.7 cm³/mol. The number of rotatable bonds is 5. The minimum Gasteiger partial charge on any atom is -0.397 e. The average molecular weight is 300 g/mol. The lowest BCUT2D eigenvalue weighted by molar-refractivity contribution is 0.101. The van der Waals surface area contributed by atoms with E-state index < -0.39 is 5.54 Å². The molecule has 0 unspecified atom stereocenters. The molecule has 0 fully saturated rings. The zero-order valence-electron chi connectivity index (χ0n) is 12.9. The highest BCUT2D eigenvalue weighted by atomic mass is 16.3. The highest BCUT2D eigenvalue weighted by Crippen LogP contribution is 2.35. The topological polar surface area (TPSA) is 101 Å². The molecule has 1 heterocycles. The van der Waals surface area contributed by atoms with Crippen molar-refractivity contribution in [2.24, 2.45) is 0 Å². The van der Waals surface area contributed by atoms with Gasteiger partial charge in [0.2, 0.25) is 0 Å². The maximum atomic E-state index is 11.7. The second kappa shape index (κ2) is 6.11. The van der Waals surface area contributed by atoms with Crippen molar-refractivity contribution >= 4 is 17.2 Å². The molecule has 1 aromatic heterocycles. The Labute approximate surface area is 129 Å². The number of aliphatic hydroxyl groups excluding tert-OH is 1. The molecule has 0 radical (unpaired) electrons. The smallest absolute Gasteiger partial charge is 0.159 e. The van der Waals surface area contributed by atoms with Crippen LogP contribution < -0.4 is 11.1 Å². The van der Waals surface area contributed by atoms with Crippen LogP contribution in [0.3, 0.4) is 0 Å². The van der Waals surface area contributed by atoms with E-state index >= 15 is 0 Å². The molecule has 0 atom stereocenters. The average Bonchev–Trinajstić information content (AvgIpc) is 2.49. The van der Waals surface area contributed by atoms with Crippen molar-refractivity contribution in [2.75, 3.05) is 17.7 Å². The van der Waals surface area contributed by atoms with Gasteiger partial charge >= 0.3 is 0 Å². The SMILES string of the molecule is CC(=O)c1cc(N)c(NC(C)(C)CO)c(-c2cncnc2)c1. The highest BCUT2D eigenvalue weighted by Gasteiger charge is 2.21. The molecule has 4 N–H and O–H groups in total. The summed E-state index contributed by atoms with van der Waals surface area (Å²) in [6.45, 7) is 5.14. The molecule has 0 aliphatic heterocycles. The number of nitrogens with zero attached hydrogens (tertiary/aromatic N) is 2. The summed E-state index contributed by atoms with van der Waals surface area (Å²) in [6, 6.07) is 3.39. The summed E-state index contributed by atoms with van der Waals surface area (Å²) in [4.78, 5) is 19.7. The van der Waals surface area contributed by atoms with Crippen LogP contribution in [0.25, 0.3) is 11.1 Å². The van der Waals surface area contributed by atoms with E-state index in [-0.39, 0.29) is 12.4 Å². The van der Waals surface area contributed by atoms with Gasteiger partial charge in [-0.05, 0) is 32.9 Å². The van der Waals surface area contributed by atoms with Crippen LogP contribution in [0, 0.1) is 0 Å². The second-order valence-electron chi connectivity index (χ2n) is 5.84. The van der Waals surface area contributed by atoms with E-state index in [9.17, 15) is 9.90 Å². The number of anilines is 2. The fourth-order valence-electron chi connectivity index (χ4n) is 2.05. The number of aliphatic hydroxyl groups is 1. The van der Waals surface area contributed by atoms with Crippen molar-refractivity contribution in [1.29, 1.82) is 0 Å². The van der Waals surface area contributed by atoms with E-state index in [1.54, 1.807) is 24.5 Å². The summed E-state index contributed by atoms with van der Waals surface area (Å²) < 4.78 is 0. The van der Waals surface area contributed by atoms with Crippen LogP contribution in [-0.2, 0) is 0 Å². The minimum absolute atomic E-state index is 0.0639. The van der Waals surface area contributed by atoms with Crippen LogP contribution in [0.15, 0.2) is 30.9 Å². The first-order chi connectivity index (χ1) is 10.3. The van der Waals surface area contributed by atoms with E-state index in [1.807, 2.05) is 13.8 Å². The number of carbonyl (C=O) groups excluding carboxylic acids is 1. The van der Waals surface area contributed by atoms with Crippen molar-refractivity contribution in [3.8, 4) is 11.1 Å². The van der Waals surface area contributed by atoms with Gasteiger partial charge in [0, 0.05) is 29.1 Å². The van der Waals surface area contributed by atoms with Gasteiger partial charge in [-0.3, -0.25) is 4.79 Å². The maximum absolute atomic E-state index is 11.7. The monoisotopic (exact) mass is 300 g/mol. The number of Topliss-reactive ketones (excluding diaryl/α,β-unsaturated/α-hetero) is 1. The molecule has 0 aliphatic rings. The molecule has 2 rings (SSSR count). The Bertz CT molecular complexity index is 684. The molecule has 0 spiro atoms. The van der Waals surface area contributed by atoms with E-state index in [0.29, 0.717) is 16.9 Å². The first kappa shape index (κ1) is 15.9. The van der Waals surface area contributed by atoms with Crippen molar-refractivity contribution in [3.63, 3.8) is 0 Å². The number of nitrogen functional groups attached to an aromatic ring is 1. The first-order valence-corrected chi connectivity index (χ1v) is 6.93. The molecule has 0 bridgehead atoms. The van der Waals surface area contributed by atoms with Gasteiger partial charge in [0.15, 0.2) is 5.78 Å². The largest absolute Gasteiger partial charge is 0.397 e. The van der Waals surface area contributed by atoms with Crippen LogP contribution in [0.5, 0.6) is 0 Å². The van der Waals surface area contributed by atoms with Gasteiger partial charge in [0.1, 0.15) is 6.33 Å². The number of ketones is 1. The summed E-state index contributed by atoms with van der Waals surface area (Å²) in [5.74, 6) is -0.0715. The van der Waals surface area contributed by atoms with Crippen LogP contribution in [0.1, 0.15) is 31.1 Å². The lowest BCUT2D eigenvalue weighted by atomic mass is 9.97. The molecular formula is C16H20N4O2. The van der Waals surface area contributed by atoms with Crippen LogP contribution >= 0.6 is 0 Å². The summed E-state index contributed by atoms with van der Waals surface area (Å²) in [5, 5.41) is 12.7. The van der Waals surface area contributed by atoms with E-state index in [2.05, 4.69) is 15.3 Å². The third kappa shape index (κ3) is 3.40. The van der Waals surface area contributed by atoms with Gasteiger partial charge in [0.25, 0.3) is 0 Å². The van der Waals surface area contributed by atoms with Gasteiger partial charge in [-0.25, -0.2) is 9.97 Å². The van der Waals surface area contributed by atoms with Crippen molar-refractivity contribution < 1.29 is 9.90 Å². The third-order valence-electron chi connectivity index (χ3n) is 3.31. The Balaban J connectivity index is 2.63. The fourth-order valence-corrected chi connectivity index (χ4v) is 2.05. The van der Waals surface area contributed by atoms with Gasteiger partial charge in [-0.15, -0.1) is 0 Å². The maximum Gasteiger partial charge on any atom is 0.159 e. The van der Waals surface area contributed by atoms with Crippen LogP contribution in [0.2, 0.25) is 0 Å². The summed E-state index contributed by atoms with van der Waals surface area (Å²) in [6.07, 6.45) is 4.75. The molecule has 0 amide bonds. The second-order valence-corrected chi connectivity index (χ2v) is 5.84. The molecule has 2 aromatic rings. The Morgan fingerprint density at radius 3 is 2.50 bits per heavy atom. The number of benzene rings is 1. The fraction of sp³-hybridized carbons (Fsp3) is 0.312. The predicted octanol–water partition coefficient (Wildman–Crippen LogP) is 2.11. The van der Waals surface area contributed by atoms with Gasteiger partial charge in [0.05, 0.1) is 23.5 Å². The standard InChI is InChI=1S/C16H20N4O2/c1-10(22)11-4-13(12-6-18-9-19-7-12)15(14(17)5-11)20-16(2,3)8-21/h4-7,9,20-21H,8,17H2,1-3H3. The third-order valence-corrected chi connectivity index (χ3v) is 3.31. The lowest BCUT2D eigenvalue weighted by Gasteiger charge is -2.28. The highest BCUT2D eigenvalue weighted by molar-refractivity contribution is 6.00. The summed E-state index contributed by atoms with van der Waals surface area (Å²) in [7, 11) is 0. The number of nitrogens with one attached hydrogen (secondary N) is 1. The van der Waals surface area contributed by atoms with Gasteiger partial charge < -0.3 is 16.2 Å². The first-order valence-electron chi connectivity index (χ1n) is 6.93. The van der Waals surface area contributed by atoms with Crippen molar-refractivity contribution in [2.45, 2.75) is 26.3 Å². The molecule has 0 saturated heterocycles. The number of hydrogen-bond acceptors (Lipinski definition) is 6. The van der Waals surface area contributed by atoms with Crippen LogP contribution in [-0.4, -0.2) is 33.0 Å². The van der Waals surface area contributed by atoms with E-state index in [4.69, 9.17) is 5.73 Å². The van der Waals surface area contributed by atoms with Crippen LogP contribution in [0.4, 0.5) is 11.4 Å². The molecule has 1 aromatic carbocycles. The lowest BCUT2D eigenvalue weighted by Crippen LogP contribution is -2.35. The van der Waals surface area contributed by atoms with Crippen molar-refractivity contribution in [3.05, 3.63) is 36.4 Å². The van der Waals surface area contributed by atoms with Crippen molar-refractivity contribution in [1.82, 2.24) is 9.97 Å². The molecular weight excluding hydrogens is 280 g/mol. The summed E-state index contributed by atoms with van der Waals surface area (Å²) >= 11 is 0. The summed E-state index contributed by atoms with van der Waals surface area (Å²) in [5.41, 5.74) is 8.64. The molecule has 22 heavy (non-hydrogen) atoms. The number of nitrogens with two attached hydrogens (primary N) is 1. The Morgan fingerprint density at radius 1 is 1.32 bits per heavy atom. The minimum atomic E-state index is -0.559. The zero-order valence-corrected chi connectivity index (χ0v) is 12.9. The van der Waals surface area contributed by atoms with E-state index in [0.717, 1.165) is 11.1 Å². The number of carbonyl (C=O) groups is 1. The Hall–Kier alpha value is -2.47. The quantitative estimate of drug-likeness (QED) is 0.577. The Kier molecular flexibility index (Phi) is 4.42. The molecule has 6 heteroatoms. The number of aromatic nitrogens is 2.